The Labute approximate surface area is 127 Å². The molecule has 0 spiro atoms. The number of nitrogens with zero attached hydrogens (tertiary/aromatic N) is 2. The van der Waals surface area contributed by atoms with Crippen molar-refractivity contribution in [1.29, 1.82) is 0 Å². The Kier molecular flexibility index (Phi) is 3.59. The lowest BCUT2D eigenvalue weighted by Gasteiger charge is -2.30. The topological polar surface area (TPSA) is 33.2 Å². The number of halogens is 1. The van der Waals surface area contributed by atoms with E-state index in [4.69, 9.17) is 11.6 Å². The van der Waals surface area contributed by atoms with E-state index in [1.54, 1.807) is 29.1 Å². The minimum Gasteiger partial charge on any atom is -0.327 e. The number of pyridine rings is 1. The van der Waals surface area contributed by atoms with Crippen molar-refractivity contribution in [2.45, 2.75) is 12.2 Å². The maximum Gasteiger partial charge on any atom is 0.233 e. The van der Waals surface area contributed by atoms with Crippen molar-refractivity contribution in [2.75, 3.05) is 4.90 Å². The highest BCUT2D eigenvalue weighted by Crippen LogP contribution is 2.44. The van der Waals surface area contributed by atoms with Crippen LogP contribution in [0, 0.1) is 5.37 Å². The molecule has 1 aromatic heterocycles. The molecule has 3 nitrogen and oxygen atoms in total. The smallest absolute Gasteiger partial charge is 0.233 e. The zero-order valence-electron chi connectivity index (χ0n) is 10.8. The van der Waals surface area contributed by atoms with Crippen LogP contribution in [0.1, 0.15) is 12.5 Å². The number of aromatic nitrogens is 1. The minimum atomic E-state index is -0.0964. The third-order valence-electron chi connectivity index (χ3n) is 3.05. The molecule has 1 unspecified atom stereocenters. The van der Waals surface area contributed by atoms with Gasteiger partial charge in [0.25, 0.3) is 0 Å². The molecule has 5 heteroatoms. The summed E-state index contributed by atoms with van der Waals surface area (Å²) in [5.41, 5.74) is 1.78. The molecule has 3 rings (SSSR count). The summed E-state index contributed by atoms with van der Waals surface area (Å²) in [5.74, 6) is 0.0768. The van der Waals surface area contributed by atoms with Gasteiger partial charge < -0.3 is 4.90 Å². The monoisotopic (exact) mass is 303 g/mol. The van der Waals surface area contributed by atoms with Crippen LogP contribution in [-0.2, 0) is 4.79 Å². The van der Waals surface area contributed by atoms with Gasteiger partial charge in [-0.2, -0.15) is 29.5 Å². The Balaban J connectivity index is 2.00. The fourth-order valence-corrected chi connectivity index (χ4v) is 3.31. The van der Waals surface area contributed by atoms with Gasteiger partial charge >= 0.3 is 0 Å². The molecule has 1 amide bonds. The van der Waals surface area contributed by atoms with Gasteiger partial charge in [-0.3, -0.25) is 9.78 Å². The van der Waals surface area contributed by atoms with Gasteiger partial charge in [0.2, 0.25) is 5.91 Å². The summed E-state index contributed by atoms with van der Waals surface area (Å²) in [5, 5.41) is 1.51. The summed E-state index contributed by atoms with van der Waals surface area (Å²) in [6, 6.07) is 11.2. The highest BCUT2D eigenvalue weighted by Gasteiger charge is 2.34. The lowest BCUT2D eigenvalue weighted by atomic mass is 10.2. The van der Waals surface area contributed by atoms with Gasteiger partial charge in [0.05, 0.1) is 10.9 Å². The fraction of sp³-hybridized carbons (Fsp3) is 0.133. The van der Waals surface area contributed by atoms with E-state index in [1.165, 1.54) is 0 Å². The molecule has 20 heavy (non-hydrogen) atoms. The zero-order chi connectivity index (χ0) is 14.1. The van der Waals surface area contributed by atoms with Crippen LogP contribution in [-0.4, -0.2) is 16.1 Å². The van der Waals surface area contributed by atoms with Crippen LogP contribution in [0.4, 0.5) is 5.69 Å². The molecule has 0 N–H and O–H groups in total. The molecule has 1 saturated heterocycles. The number of carbonyl (C=O) groups is 1. The summed E-state index contributed by atoms with van der Waals surface area (Å²) in [4.78, 5) is 18.2. The van der Waals surface area contributed by atoms with E-state index in [9.17, 15) is 4.79 Å². The highest BCUT2D eigenvalue weighted by atomic mass is 35.5. The average Bonchev–Trinajstić information content (AvgIpc) is 2.77. The zero-order valence-corrected chi connectivity index (χ0v) is 12.4. The number of rotatable bonds is 2. The van der Waals surface area contributed by atoms with E-state index in [1.807, 2.05) is 43.3 Å². The maximum atomic E-state index is 12.4. The Morgan fingerprint density at radius 1 is 1.30 bits per heavy atom. The first-order chi connectivity index (χ1) is 9.66. The van der Waals surface area contributed by atoms with Crippen molar-refractivity contribution >= 4 is 35.0 Å². The lowest BCUT2D eigenvalue weighted by molar-refractivity contribution is -0.117. The quantitative estimate of drug-likeness (QED) is 0.792. The minimum absolute atomic E-state index is 0.0768. The molecule has 0 saturated carbocycles. The van der Waals surface area contributed by atoms with E-state index < -0.39 is 0 Å². The molecule has 0 radical (unpaired) electrons. The summed E-state index contributed by atoms with van der Waals surface area (Å²) in [6.45, 7) is 1.92. The molecule has 1 aliphatic heterocycles. The molecule has 2 heterocycles. The number of carbonyl (C=O) groups excluding carboxylic acids is 1. The van der Waals surface area contributed by atoms with E-state index in [0.29, 0.717) is 5.02 Å². The highest BCUT2D eigenvalue weighted by molar-refractivity contribution is 8.04. The standard InChI is InChI=1S/C15H12ClN2OS/c1-10-14(19)18(13-3-2-8-17-9-13)15(20-10)11-4-6-12(16)7-5-11/h2-10H,1H3/q-1. The van der Waals surface area contributed by atoms with Crippen molar-refractivity contribution in [3.63, 3.8) is 0 Å². The first-order valence-corrected chi connectivity index (χ1v) is 7.46. The van der Waals surface area contributed by atoms with E-state index in [2.05, 4.69) is 4.98 Å². The summed E-state index contributed by atoms with van der Waals surface area (Å²) in [6.07, 6.45) is 3.40. The van der Waals surface area contributed by atoms with Crippen LogP contribution in [0.3, 0.4) is 0 Å². The Hall–Kier alpha value is -1.65. The second-order valence-electron chi connectivity index (χ2n) is 4.46. The van der Waals surface area contributed by atoms with Crippen LogP contribution < -0.4 is 4.90 Å². The lowest BCUT2D eigenvalue weighted by Crippen LogP contribution is -2.30. The first kappa shape index (κ1) is 13.3. The Morgan fingerprint density at radius 2 is 2.05 bits per heavy atom. The van der Waals surface area contributed by atoms with Gasteiger partial charge in [0.15, 0.2) is 0 Å². The molecule has 0 aliphatic carbocycles. The average molecular weight is 304 g/mol. The van der Waals surface area contributed by atoms with Gasteiger partial charge in [-0.05, 0) is 24.4 Å². The molecule has 0 bridgehead atoms. The van der Waals surface area contributed by atoms with Crippen molar-refractivity contribution in [1.82, 2.24) is 4.98 Å². The largest absolute Gasteiger partial charge is 0.327 e. The van der Waals surface area contributed by atoms with Gasteiger partial charge in [-0.15, -0.1) is 0 Å². The third-order valence-corrected chi connectivity index (χ3v) is 4.50. The van der Waals surface area contributed by atoms with E-state index >= 15 is 0 Å². The predicted molar refractivity (Wildman–Crippen MR) is 82.6 cm³/mol. The fourth-order valence-electron chi connectivity index (χ4n) is 2.07. The third kappa shape index (κ3) is 2.37. The SMILES string of the molecule is CC1S[C-](c2ccc(Cl)cc2)N(c2cccnc2)C1=O. The first-order valence-electron chi connectivity index (χ1n) is 6.20. The number of anilines is 1. The maximum absolute atomic E-state index is 12.4. The second kappa shape index (κ2) is 5.38. The second-order valence-corrected chi connectivity index (χ2v) is 6.22. The summed E-state index contributed by atoms with van der Waals surface area (Å²) < 4.78 is 0. The molecule has 1 aromatic carbocycles. The normalized spacial score (nSPS) is 18.7. The number of thioether (sulfide) groups is 1. The Bertz CT molecular complexity index is 618. The van der Waals surface area contributed by atoms with Gasteiger partial charge in [-0.1, -0.05) is 23.7 Å². The van der Waals surface area contributed by atoms with Crippen LogP contribution >= 0.6 is 23.4 Å². The van der Waals surface area contributed by atoms with Crippen molar-refractivity contribution in [3.8, 4) is 0 Å². The molecule has 1 fully saturated rings. The van der Waals surface area contributed by atoms with Crippen LogP contribution in [0.15, 0.2) is 48.8 Å². The van der Waals surface area contributed by atoms with Gasteiger partial charge in [0.1, 0.15) is 0 Å². The van der Waals surface area contributed by atoms with E-state index in [0.717, 1.165) is 16.6 Å². The number of amides is 1. The van der Waals surface area contributed by atoms with Crippen molar-refractivity contribution in [2.24, 2.45) is 0 Å². The summed E-state index contributed by atoms with van der Waals surface area (Å²) in [7, 11) is 0. The molecular formula is C15H12ClN2OS-. The van der Waals surface area contributed by atoms with Crippen LogP contribution in [0.2, 0.25) is 5.02 Å². The molecular weight excluding hydrogens is 292 g/mol. The van der Waals surface area contributed by atoms with E-state index in [-0.39, 0.29) is 11.2 Å². The predicted octanol–water partition coefficient (Wildman–Crippen LogP) is 3.74. The van der Waals surface area contributed by atoms with Crippen LogP contribution in [0.25, 0.3) is 0 Å². The number of hydrogen-bond acceptors (Lipinski definition) is 3. The molecule has 102 valence electrons. The number of hydrogen-bond donors (Lipinski definition) is 0. The van der Waals surface area contributed by atoms with Gasteiger partial charge in [0, 0.05) is 17.4 Å². The van der Waals surface area contributed by atoms with Crippen molar-refractivity contribution in [3.05, 3.63) is 64.8 Å². The molecule has 2 aromatic rings. The Morgan fingerprint density at radius 3 is 2.70 bits per heavy atom. The van der Waals surface area contributed by atoms with Gasteiger partial charge in [-0.25, -0.2) is 0 Å². The van der Waals surface area contributed by atoms with Crippen molar-refractivity contribution < 1.29 is 4.79 Å². The molecule has 1 aliphatic rings. The number of benzene rings is 1. The summed E-state index contributed by atoms with van der Waals surface area (Å²) >= 11 is 7.48. The molecule has 1 atom stereocenters. The van der Waals surface area contributed by atoms with Crippen LogP contribution in [0.5, 0.6) is 0 Å².